The summed E-state index contributed by atoms with van der Waals surface area (Å²) in [7, 11) is 2.06. The van der Waals surface area contributed by atoms with Crippen molar-refractivity contribution in [3.8, 4) is 11.3 Å². The zero-order chi connectivity index (χ0) is 18.6. The van der Waals surface area contributed by atoms with Crippen LogP contribution in [0, 0.1) is 6.92 Å². The molecule has 0 spiro atoms. The van der Waals surface area contributed by atoms with E-state index in [1.807, 2.05) is 13.8 Å². The van der Waals surface area contributed by atoms with E-state index in [9.17, 15) is 13.2 Å². The Morgan fingerprint density at radius 1 is 1.12 bits per heavy atom. The Kier molecular flexibility index (Phi) is 6.16. The minimum Gasteiger partial charge on any atom is -0.306 e. The van der Waals surface area contributed by atoms with Crippen molar-refractivity contribution in [2.24, 2.45) is 0 Å². The minimum atomic E-state index is -4.49. The fraction of sp³-hybridized carbons (Fsp3) is 0.588. The number of hydrogen-bond donors (Lipinski definition) is 0. The van der Waals surface area contributed by atoms with E-state index in [4.69, 9.17) is 0 Å². The van der Waals surface area contributed by atoms with Gasteiger partial charge in [-0.2, -0.15) is 18.3 Å². The number of alkyl halides is 3. The molecule has 0 aromatic carbocycles. The van der Waals surface area contributed by atoms with Crippen LogP contribution in [0.2, 0.25) is 0 Å². The highest BCUT2D eigenvalue weighted by molar-refractivity contribution is 5.61. The third-order valence-corrected chi connectivity index (χ3v) is 4.15. The lowest BCUT2D eigenvalue weighted by molar-refractivity contribution is -0.137. The fourth-order valence-electron chi connectivity index (χ4n) is 2.82. The van der Waals surface area contributed by atoms with Crippen LogP contribution >= 0.6 is 0 Å². The number of likely N-dealkylation sites (tertiary alicyclic amines) is 1. The lowest BCUT2D eigenvalue weighted by Gasteiger charge is -2.28. The van der Waals surface area contributed by atoms with Crippen molar-refractivity contribution in [1.29, 1.82) is 0 Å². The predicted octanol–water partition coefficient (Wildman–Crippen LogP) is 3.96. The van der Waals surface area contributed by atoms with Gasteiger partial charge in [0.05, 0.1) is 17.9 Å². The van der Waals surface area contributed by atoms with Gasteiger partial charge >= 0.3 is 6.18 Å². The van der Waals surface area contributed by atoms with Crippen molar-refractivity contribution < 1.29 is 13.2 Å². The van der Waals surface area contributed by atoms with Gasteiger partial charge in [0.25, 0.3) is 0 Å². The summed E-state index contributed by atoms with van der Waals surface area (Å²) in [6.45, 7) is 7.49. The van der Waals surface area contributed by atoms with Crippen LogP contribution < -0.4 is 0 Å². The molecule has 25 heavy (non-hydrogen) atoms. The molecular formula is C17H24F3N5. The topological polar surface area (TPSA) is 46.8 Å². The molecule has 3 heterocycles. The van der Waals surface area contributed by atoms with Gasteiger partial charge in [0.15, 0.2) is 0 Å². The van der Waals surface area contributed by atoms with Crippen LogP contribution in [0.15, 0.2) is 18.6 Å². The molecule has 138 valence electrons. The Bertz CT molecular complexity index is 688. The van der Waals surface area contributed by atoms with Crippen molar-refractivity contribution in [3.05, 3.63) is 30.0 Å². The molecule has 0 saturated carbocycles. The molecule has 1 fully saturated rings. The largest absolute Gasteiger partial charge is 0.419 e. The number of halogens is 3. The predicted molar refractivity (Wildman–Crippen MR) is 90.1 cm³/mol. The summed E-state index contributed by atoms with van der Waals surface area (Å²) in [6, 6.07) is 0.220. The highest BCUT2D eigenvalue weighted by Gasteiger charge is 2.35. The second kappa shape index (κ2) is 7.95. The van der Waals surface area contributed by atoms with Gasteiger partial charge < -0.3 is 4.90 Å². The van der Waals surface area contributed by atoms with Crippen LogP contribution in [0.5, 0.6) is 0 Å². The standard InChI is InChI=1S/C15H18F3N5.C2H6/c1-10-19-8-13(15(16,17)18)14(21-10)11-7-20-23(9-11)12-3-5-22(2)6-4-12;1-2/h7-9,12H,3-6H2,1-2H3;1-2H3. The first kappa shape index (κ1) is 19.4. The van der Waals surface area contributed by atoms with Crippen LogP contribution in [0.3, 0.4) is 0 Å². The Labute approximate surface area is 145 Å². The molecule has 1 saturated heterocycles. The third kappa shape index (κ3) is 4.56. The monoisotopic (exact) mass is 355 g/mol. The highest BCUT2D eigenvalue weighted by Crippen LogP contribution is 2.35. The quantitative estimate of drug-likeness (QED) is 0.818. The molecular weight excluding hydrogens is 331 g/mol. The van der Waals surface area contributed by atoms with Crippen molar-refractivity contribution in [2.45, 2.75) is 45.8 Å². The van der Waals surface area contributed by atoms with Gasteiger partial charge in [0.1, 0.15) is 11.4 Å². The summed E-state index contributed by atoms with van der Waals surface area (Å²) in [5, 5.41) is 4.26. The average Bonchev–Trinajstić information content (AvgIpc) is 3.06. The molecule has 3 rings (SSSR count). The molecule has 0 radical (unpaired) electrons. The molecule has 0 N–H and O–H groups in total. The van der Waals surface area contributed by atoms with Crippen LogP contribution in [0.4, 0.5) is 13.2 Å². The van der Waals surface area contributed by atoms with Crippen LogP contribution in [0.1, 0.15) is 44.1 Å². The molecule has 2 aromatic heterocycles. The molecule has 0 atom stereocenters. The van der Waals surface area contributed by atoms with Crippen molar-refractivity contribution in [1.82, 2.24) is 24.6 Å². The van der Waals surface area contributed by atoms with E-state index >= 15 is 0 Å². The van der Waals surface area contributed by atoms with Crippen LogP contribution in [-0.2, 0) is 6.18 Å². The van der Waals surface area contributed by atoms with E-state index in [0.717, 1.165) is 32.1 Å². The summed E-state index contributed by atoms with van der Waals surface area (Å²) >= 11 is 0. The smallest absolute Gasteiger partial charge is 0.306 e. The number of piperidine rings is 1. The summed E-state index contributed by atoms with van der Waals surface area (Å²) < 4.78 is 41.2. The Hall–Kier alpha value is -1.96. The van der Waals surface area contributed by atoms with Gasteiger partial charge in [-0.1, -0.05) is 13.8 Å². The van der Waals surface area contributed by atoms with Crippen molar-refractivity contribution in [2.75, 3.05) is 20.1 Å². The molecule has 5 nitrogen and oxygen atoms in total. The highest BCUT2D eigenvalue weighted by atomic mass is 19.4. The molecule has 2 aromatic rings. The van der Waals surface area contributed by atoms with E-state index < -0.39 is 11.7 Å². The SMILES string of the molecule is CC.Cc1ncc(C(F)(F)F)c(-c2cnn(C3CCN(C)CC3)c2)n1. The third-order valence-electron chi connectivity index (χ3n) is 4.15. The van der Waals surface area contributed by atoms with E-state index in [1.54, 1.807) is 17.8 Å². The zero-order valence-electron chi connectivity index (χ0n) is 15.0. The van der Waals surface area contributed by atoms with Gasteiger partial charge in [0, 0.05) is 18.0 Å². The zero-order valence-corrected chi connectivity index (χ0v) is 15.0. The van der Waals surface area contributed by atoms with Gasteiger partial charge in [-0.15, -0.1) is 0 Å². The molecule has 1 aliphatic heterocycles. The molecule has 8 heteroatoms. The van der Waals surface area contributed by atoms with Gasteiger partial charge in [0.2, 0.25) is 0 Å². The molecule has 0 amide bonds. The Balaban J connectivity index is 0.00000109. The second-order valence-corrected chi connectivity index (χ2v) is 5.92. The van der Waals surface area contributed by atoms with E-state index in [-0.39, 0.29) is 11.7 Å². The van der Waals surface area contributed by atoms with Crippen molar-refractivity contribution >= 4 is 0 Å². The number of aryl methyl sites for hydroxylation is 1. The van der Waals surface area contributed by atoms with E-state index in [0.29, 0.717) is 11.4 Å². The lowest BCUT2D eigenvalue weighted by Crippen LogP contribution is -2.31. The maximum absolute atomic E-state index is 13.2. The second-order valence-electron chi connectivity index (χ2n) is 5.92. The van der Waals surface area contributed by atoms with Gasteiger partial charge in [-0.05, 0) is 39.9 Å². The first-order chi connectivity index (χ1) is 11.8. The average molecular weight is 355 g/mol. The van der Waals surface area contributed by atoms with Gasteiger partial charge in [-0.3, -0.25) is 4.68 Å². The maximum atomic E-state index is 13.2. The number of nitrogens with zero attached hydrogens (tertiary/aromatic N) is 5. The lowest BCUT2D eigenvalue weighted by atomic mass is 10.1. The summed E-state index contributed by atoms with van der Waals surface area (Å²) in [5.74, 6) is 0.306. The molecule has 0 bridgehead atoms. The maximum Gasteiger partial charge on any atom is 0.419 e. The molecule has 0 aliphatic carbocycles. The van der Waals surface area contributed by atoms with Crippen LogP contribution in [0.25, 0.3) is 11.3 Å². The first-order valence-corrected chi connectivity index (χ1v) is 8.48. The van der Waals surface area contributed by atoms with Gasteiger partial charge in [-0.25, -0.2) is 9.97 Å². The fourth-order valence-corrected chi connectivity index (χ4v) is 2.82. The Morgan fingerprint density at radius 2 is 1.76 bits per heavy atom. The first-order valence-electron chi connectivity index (χ1n) is 8.48. The molecule has 1 aliphatic rings. The number of aromatic nitrogens is 4. The normalized spacial score (nSPS) is 16.4. The van der Waals surface area contributed by atoms with Crippen molar-refractivity contribution in [3.63, 3.8) is 0 Å². The van der Waals surface area contributed by atoms with E-state index in [2.05, 4.69) is 27.0 Å². The van der Waals surface area contributed by atoms with E-state index in [1.165, 1.54) is 6.20 Å². The summed E-state index contributed by atoms with van der Waals surface area (Å²) in [4.78, 5) is 9.89. The minimum absolute atomic E-state index is 0.107. The summed E-state index contributed by atoms with van der Waals surface area (Å²) in [6.07, 6.45) is 1.34. The molecule has 0 unspecified atom stereocenters. The Morgan fingerprint density at radius 3 is 2.36 bits per heavy atom. The summed E-state index contributed by atoms with van der Waals surface area (Å²) in [5.41, 5.74) is -0.558. The number of hydrogen-bond acceptors (Lipinski definition) is 4. The number of rotatable bonds is 2. The van der Waals surface area contributed by atoms with Crippen LogP contribution in [-0.4, -0.2) is 44.8 Å².